The number of amides is 3. The van der Waals surface area contributed by atoms with Gasteiger partial charge in [0, 0.05) is 44.8 Å². The molecule has 1 atom stereocenters. The van der Waals surface area contributed by atoms with Crippen LogP contribution in [0.3, 0.4) is 0 Å². The number of nitrogens with one attached hydrogen (secondary N) is 2. The average Bonchev–Trinajstić information content (AvgIpc) is 3.54. The lowest BCUT2D eigenvalue weighted by Gasteiger charge is -2.35. The van der Waals surface area contributed by atoms with E-state index in [9.17, 15) is 9.59 Å². The molecule has 0 spiro atoms. The van der Waals surface area contributed by atoms with Crippen LogP contribution in [0.25, 0.3) is 0 Å². The number of carbonyl (C=O) groups excluding carboxylic acids is 2. The van der Waals surface area contributed by atoms with E-state index in [2.05, 4.69) is 39.8 Å². The molecule has 0 radical (unpaired) electrons. The van der Waals surface area contributed by atoms with E-state index in [0.29, 0.717) is 12.6 Å². The summed E-state index contributed by atoms with van der Waals surface area (Å²) < 4.78 is 0. The minimum atomic E-state index is -0.0685. The maximum absolute atomic E-state index is 12.8. The van der Waals surface area contributed by atoms with Crippen molar-refractivity contribution in [3.8, 4) is 0 Å². The molecular formula is C22H32N4O2. The van der Waals surface area contributed by atoms with Crippen molar-refractivity contribution in [2.75, 3.05) is 26.2 Å². The molecule has 2 heterocycles. The molecule has 1 aromatic rings. The Bertz CT molecular complexity index is 668. The summed E-state index contributed by atoms with van der Waals surface area (Å²) in [5, 5.41) is 6.30. The molecule has 28 heavy (non-hydrogen) atoms. The van der Waals surface area contributed by atoms with Crippen molar-refractivity contribution in [3.63, 3.8) is 0 Å². The Hall–Kier alpha value is -2.08. The molecule has 6 nitrogen and oxygen atoms in total. The molecule has 2 N–H and O–H groups in total. The molecule has 0 aromatic heterocycles. The van der Waals surface area contributed by atoms with Crippen molar-refractivity contribution in [1.82, 2.24) is 20.4 Å². The lowest BCUT2D eigenvalue weighted by molar-refractivity contribution is -0.127. The Morgan fingerprint density at radius 2 is 1.61 bits per heavy atom. The van der Waals surface area contributed by atoms with Crippen LogP contribution < -0.4 is 10.6 Å². The first-order valence-corrected chi connectivity index (χ1v) is 10.8. The van der Waals surface area contributed by atoms with Crippen molar-refractivity contribution < 1.29 is 9.59 Å². The van der Waals surface area contributed by atoms with Gasteiger partial charge in [0.15, 0.2) is 0 Å². The predicted molar refractivity (Wildman–Crippen MR) is 109 cm³/mol. The highest BCUT2D eigenvalue weighted by atomic mass is 16.2. The van der Waals surface area contributed by atoms with Gasteiger partial charge < -0.3 is 15.5 Å². The highest BCUT2D eigenvalue weighted by Gasteiger charge is 2.32. The summed E-state index contributed by atoms with van der Waals surface area (Å²) in [6, 6.07) is 11.2. The monoisotopic (exact) mass is 384 g/mol. The maximum Gasteiger partial charge on any atom is 0.317 e. The van der Waals surface area contributed by atoms with E-state index in [0.717, 1.165) is 64.7 Å². The molecule has 2 aliphatic heterocycles. The van der Waals surface area contributed by atoms with E-state index >= 15 is 0 Å². The number of carbonyl (C=O) groups is 2. The number of hydrogen-bond donors (Lipinski definition) is 2. The van der Waals surface area contributed by atoms with Crippen molar-refractivity contribution in [1.29, 1.82) is 0 Å². The second kappa shape index (κ2) is 8.95. The number of urea groups is 1. The number of benzene rings is 1. The van der Waals surface area contributed by atoms with Gasteiger partial charge in [-0.05, 0) is 44.1 Å². The fraction of sp³-hybridized carbons (Fsp3) is 0.636. The molecule has 1 aromatic carbocycles. The van der Waals surface area contributed by atoms with Crippen LogP contribution in [0, 0.1) is 5.92 Å². The molecular weight excluding hydrogens is 352 g/mol. The SMILES string of the molecule is O=C(NC1CCN(Cc2ccccc2)CC1)C1CCCN(C(=O)NC2CC2)C1. The van der Waals surface area contributed by atoms with Crippen LogP contribution in [-0.4, -0.2) is 60.0 Å². The van der Waals surface area contributed by atoms with Crippen LogP contribution in [0.4, 0.5) is 4.79 Å². The molecule has 1 unspecified atom stereocenters. The van der Waals surface area contributed by atoms with Crippen molar-refractivity contribution >= 4 is 11.9 Å². The molecule has 6 heteroatoms. The van der Waals surface area contributed by atoms with E-state index in [1.54, 1.807) is 0 Å². The van der Waals surface area contributed by atoms with Crippen molar-refractivity contribution in [3.05, 3.63) is 35.9 Å². The van der Waals surface area contributed by atoms with Crippen LogP contribution in [0.1, 0.15) is 44.1 Å². The number of piperidine rings is 2. The van der Waals surface area contributed by atoms with Gasteiger partial charge in [0.2, 0.25) is 5.91 Å². The molecule has 4 rings (SSSR count). The Kier molecular flexibility index (Phi) is 6.15. The average molecular weight is 385 g/mol. The van der Waals surface area contributed by atoms with Gasteiger partial charge in [-0.2, -0.15) is 0 Å². The minimum absolute atomic E-state index is 0.00854. The Morgan fingerprint density at radius 3 is 2.32 bits per heavy atom. The normalized spacial score (nSPS) is 24.0. The molecule has 3 aliphatic rings. The van der Waals surface area contributed by atoms with Gasteiger partial charge in [0.05, 0.1) is 5.92 Å². The van der Waals surface area contributed by atoms with E-state index in [1.165, 1.54) is 5.56 Å². The van der Waals surface area contributed by atoms with Gasteiger partial charge in [-0.25, -0.2) is 4.79 Å². The number of rotatable bonds is 5. The highest BCUT2D eigenvalue weighted by molar-refractivity contribution is 5.81. The zero-order valence-electron chi connectivity index (χ0n) is 16.6. The summed E-state index contributed by atoms with van der Waals surface area (Å²) in [4.78, 5) is 29.3. The lowest BCUT2D eigenvalue weighted by Crippen LogP contribution is -2.51. The third kappa shape index (κ3) is 5.25. The Balaban J connectivity index is 1.20. The number of likely N-dealkylation sites (tertiary alicyclic amines) is 2. The second-order valence-corrected chi connectivity index (χ2v) is 8.55. The summed E-state index contributed by atoms with van der Waals surface area (Å²) in [6.45, 7) is 4.33. The van der Waals surface area contributed by atoms with Crippen LogP contribution >= 0.6 is 0 Å². The van der Waals surface area contributed by atoms with Gasteiger partial charge in [0.1, 0.15) is 0 Å². The van der Waals surface area contributed by atoms with Gasteiger partial charge in [-0.3, -0.25) is 9.69 Å². The highest BCUT2D eigenvalue weighted by Crippen LogP contribution is 2.22. The van der Waals surface area contributed by atoms with Gasteiger partial charge >= 0.3 is 6.03 Å². The summed E-state index contributed by atoms with van der Waals surface area (Å²) in [5.74, 6) is 0.0616. The zero-order chi connectivity index (χ0) is 19.3. The van der Waals surface area contributed by atoms with Crippen molar-refractivity contribution in [2.24, 2.45) is 5.92 Å². The first-order valence-electron chi connectivity index (χ1n) is 10.8. The molecule has 3 fully saturated rings. The summed E-state index contributed by atoms with van der Waals surface area (Å²) in [7, 11) is 0. The molecule has 152 valence electrons. The fourth-order valence-corrected chi connectivity index (χ4v) is 4.27. The largest absolute Gasteiger partial charge is 0.353 e. The summed E-state index contributed by atoms with van der Waals surface area (Å²) in [5.41, 5.74) is 1.34. The second-order valence-electron chi connectivity index (χ2n) is 8.55. The standard InChI is InChI=1S/C22H32N4O2/c27-21(18-7-4-12-26(16-18)22(28)24-19-8-9-19)23-20-10-13-25(14-11-20)15-17-5-2-1-3-6-17/h1-3,5-6,18-20H,4,7-16H2,(H,23,27)(H,24,28). The molecule has 0 bridgehead atoms. The van der Waals surface area contributed by atoms with Gasteiger partial charge in [0.25, 0.3) is 0 Å². The van der Waals surface area contributed by atoms with Crippen LogP contribution in [0.15, 0.2) is 30.3 Å². The first-order chi connectivity index (χ1) is 13.7. The van der Waals surface area contributed by atoms with E-state index in [4.69, 9.17) is 0 Å². The number of nitrogens with zero attached hydrogens (tertiary/aromatic N) is 2. The minimum Gasteiger partial charge on any atom is -0.353 e. The summed E-state index contributed by atoms with van der Waals surface area (Å²) >= 11 is 0. The first kappa shape index (κ1) is 19.2. The smallest absolute Gasteiger partial charge is 0.317 e. The van der Waals surface area contributed by atoms with Crippen LogP contribution in [-0.2, 0) is 11.3 Å². The topological polar surface area (TPSA) is 64.7 Å². The third-order valence-corrected chi connectivity index (χ3v) is 6.17. The Labute approximate surface area is 167 Å². The predicted octanol–water partition coefficient (Wildman–Crippen LogP) is 2.35. The van der Waals surface area contributed by atoms with Crippen LogP contribution in [0.2, 0.25) is 0 Å². The molecule has 2 saturated heterocycles. The van der Waals surface area contributed by atoms with E-state index in [-0.39, 0.29) is 23.9 Å². The van der Waals surface area contributed by atoms with E-state index < -0.39 is 0 Å². The number of hydrogen-bond acceptors (Lipinski definition) is 3. The van der Waals surface area contributed by atoms with Crippen molar-refractivity contribution in [2.45, 2.75) is 57.2 Å². The maximum atomic E-state index is 12.8. The quantitative estimate of drug-likeness (QED) is 0.819. The van der Waals surface area contributed by atoms with Gasteiger partial charge in [-0.15, -0.1) is 0 Å². The fourth-order valence-electron chi connectivity index (χ4n) is 4.27. The molecule has 1 aliphatic carbocycles. The Morgan fingerprint density at radius 1 is 0.893 bits per heavy atom. The van der Waals surface area contributed by atoms with Crippen LogP contribution in [0.5, 0.6) is 0 Å². The van der Waals surface area contributed by atoms with Gasteiger partial charge in [-0.1, -0.05) is 30.3 Å². The molecule has 3 amide bonds. The third-order valence-electron chi connectivity index (χ3n) is 6.17. The zero-order valence-corrected chi connectivity index (χ0v) is 16.6. The summed E-state index contributed by atoms with van der Waals surface area (Å²) in [6.07, 6.45) is 5.96. The molecule has 1 saturated carbocycles. The van der Waals surface area contributed by atoms with E-state index in [1.807, 2.05) is 11.0 Å². The lowest BCUT2D eigenvalue weighted by atomic mass is 9.96.